The molecule has 7 nitrogen and oxygen atoms in total. The molecule has 0 radical (unpaired) electrons. The maximum atomic E-state index is 14.5. The number of thiophene rings is 1. The number of carbonyl (C=O) groups is 1. The van der Waals surface area contributed by atoms with Crippen LogP contribution >= 0.6 is 11.3 Å². The second-order valence-corrected chi connectivity index (χ2v) is 7.83. The lowest BCUT2D eigenvalue weighted by Gasteiger charge is -2.15. The molecule has 0 atom stereocenters. The van der Waals surface area contributed by atoms with Gasteiger partial charge in [-0.1, -0.05) is 0 Å². The Morgan fingerprint density at radius 3 is 2.83 bits per heavy atom. The zero-order chi connectivity index (χ0) is 20.4. The minimum absolute atomic E-state index is 0.167. The van der Waals surface area contributed by atoms with Gasteiger partial charge in [0.05, 0.1) is 12.6 Å². The Morgan fingerprint density at radius 1 is 1.31 bits per heavy atom. The topological polar surface area (TPSA) is 84.5 Å². The molecule has 0 unspecified atom stereocenters. The second-order valence-electron chi connectivity index (χ2n) is 6.77. The molecular weight excluding hydrogens is 397 g/mol. The van der Waals surface area contributed by atoms with E-state index >= 15 is 0 Å². The number of nitrogens with zero attached hydrogens (tertiary/aromatic N) is 2. The first-order chi connectivity index (χ1) is 14.0. The van der Waals surface area contributed by atoms with E-state index in [0.29, 0.717) is 22.4 Å². The summed E-state index contributed by atoms with van der Waals surface area (Å²) in [5.41, 5.74) is 0.385. The number of fused-ring (bicyclic) bond motifs is 1. The van der Waals surface area contributed by atoms with Gasteiger partial charge in [0.25, 0.3) is 5.56 Å². The number of carbonyl (C=O) groups excluding carboxylic acids is 1. The summed E-state index contributed by atoms with van der Waals surface area (Å²) < 4.78 is 25.1. The third-order valence-electron chi connectivity index (χ3n) is 4.84. The van der Waals surface area contributed by atoms with Crippen LogP contribution in [0.15, 0.2) is 29.1 Å². The van der Waals surface area contributed by atoms with Crippen molar-refractivity contribution in [2.75, 3.05) is 33.4 Å². The molecule has 3 heterocycles. The van der Waals surface area contributed by atoms with Gasteiger partial charge in [0.15, 0.2) is 11.6 Å². The summed E-state index contributed by atoms with van der Waals surface area (Å²) in [6, 6.07) is 5.96. The average Bonchev–Trinajstić information content (AvgIpc) is 3.38. The van der Waals surface area contributed by atoms with Crippen molar-refractivity contribution in [1.82, 2.24) is 14.9 Å². The van der Waals surface area contributed by atoms with Crippen molar-refractivity contribution in [1.29, 1.82) is 0 Å². The number of aromatic nitrogens is 2. The van der Waals surface area contributed by atoms with Crippen LogP contribution in [-0.2, 0) is 4.74 Å². The van der Waals surface area contributed by atoms with Crippen molar-refractivity contribution >= 4 is 27.5 Å². The van der Waals surface area contributed by atoms with Gasteiger partial charge in [-0.25, -0.2) is 14.2 Å². The maximum Gasteiger partial charge on any atom is 0.348 e. The number of H-pyrrole nitrogens is 1. The first kappa shape index (κ1) is 19.5. The van der Waals surface area contributed by atoms with Gasteiger partial charge in [0.2, 0.25) is 0 Å². The largest absolute Gasteiger partial charge is 0.489 e. The van der Waals surface area contributed by atoms with Crippen molar-refractivity contribution in [2.45, 2.75) is 12.8 Å². The number of hydrogen-bond acceptors (Lipinski definition) is 7. The van der Waals surface area contributed by atoms with Crippen molar-refractivity contribution in [2.24, 2.45) is 0 Å². The predicted octanol–water partition coefficient (Wildman–Crippen LogP) is 3.05. The molecule has 0 amide bonds. The summed E-state index contributed by atoms with van der Waals surface area (Å²) in [6.45, 7) is 3.31. The van der Waals surface area contributed by atoms with Crippen LogP contribution < -0.4 is 10.3 Å². The lowest BCUT2D eigenvalue weighted by atomic mass is 10.2. The van der Waals surface area contributed by atoms with Crippen molar-refractivity contribution in [3.8, 4) is 17.1 Å². The Labute approximate surface area is 170 Å². The lowest BCUT2D eigenvalue weighted by Crippen LogP contribution is -2.25. The molecule has 0 bridgehead atoms. The molecule has 152 valence electrons. The average molecular weight is 417 g/mol. The zero-order valence-electron chi connectivity index (χ0n) is 15.9. The van der Waals surface area contributed by atoms with Crippen LogP contribution in [0.4, 0.5) is 4.39 Å². The van der Waals surface area contributed by atoms with Crippen LogP contribution in [0.25, 0.3) is 21.6 Å². The number of benzene rings is 1. The summed E-state index contributed by atoms with van der Waals surface area (Å²) in [5.74, 6) is -0.665. The number of halogens is 1. The highest BCUT2D eigenvalue weighted by molar-refractivity contribution is 7.20. The molecule has 1 saturated heterocycles. The van der Waals surface area contributed by atoms with E-state index in [1.54, 1.807) is 6.07 Å². The predicted molar refractivity (Wildman–Crippen MR) is 108 cm³/mol. The minimum Gasteiger partial charge on any atom is -0.489 e. The highest BCUT2D eigenvalue weighted by Crippen LogP contribution is 2.26. The number of ether oxygens (including phenoxy) is 2. The molecule has 1 N–H and O–H groups in total. The standard InChI is InChI=1S/C20H20FN3O4S/c1-27-20(26)16-11-14-17(29-16)19(25)23-18(22-14)12-4-5-15(13(21)10-12)28-9-8-24-6-2-3-7-24/h4-5,10-11H,2-3,6-9H2,1H3,(H,22,23,25). The van der Waals surface area contributed by atoms with E-state index in [1.807, 2.05) is 0 Å². The van der Waals surface area contributed by atoms with E-state index in [-0.39, 0.29) is 16.5 Å². The van der Waals surface area contributed by atoms with Gasteiger partial charge < -0.3 is 14.5 Å². The molecule has 1 aromatic carbocycles. The molecule has 0 spiro atoms. The number of likely N-dealkylation sites (tertiary alicyclic amines) is 1. The maximum absolute atomic E-state index is 14.5. The minimum atomic E-state index is -0.532. The van der Waals surface area contributed by atoms with E-state index in [0.717, 1.165) is 31.0 Å². The summed E-state index contributed by atoms with van der Waals surface area (Å²) in [4.78, 5) is 33.6. The summed E-state index contributed by atoms with van der Waals surface area (Å²) >= 11 is 1.01. The molecule has 9 heteroatoms. The third kappa shape index (κ3) is 4.15. The lowest BCUT2D eigenvalue weighted by molar-refractivity contribution is 0.0606. The molecule has 1 fully saturated rings. The van der Waals surface area contributed by atoms with Crippen molar-refractivity contribution in [3.05, 3.63) is 45.3 Å². The van der Waals surface area contributed by atoms with Crippen LogP contribution in [0, 0.1) is 5.82 Å². The molecule has 4 rings (SSSR count). The monoisotopic (exact) mass is 417 g/mol. The Bertz CT molecular complexity index is 1100. The Hall–Kier alpha value is -2.78. The van der Waals surface area contributed by atoms with Gasteiger partial charge in [-0.3, -0.25) is 9.69 Å². The van der Waals surface area contributed by atoms with Crippen LogP contribution in [-0.4, -0.2) is 54.2 Å². The van der Waals surface area contributed by atoms with E-state index in [2.05, 4.69) is 19.6 Å². The number of rotatable bonds is 6. The van der Waals surface area contributed by atoms with E-state index in [4.69, 9.17) is 4.74 Å². The van der Waals surface area contributed by atoms with Gasteiger partial charge in [-0.05, 0) is 50.2 Å². The number of aromatic amines is 1. The summed E-state index contributed by atoms with van der Waals surface area (Å²) in [6.07, 6.45) is 2.40. The Balaban J connectivity index is 1.54. The van der Waals surface area contributed by atoms with Crippen LogP contribution in [0.5, 0.6) is 5.75 Å². The third-order valence-corrected chi connectivity index (χ3v) is 5.94. The van der Waals surface area contributed by atoms with Gasteiger partial charge in [-0.15, -0.1) is 11.3 Å². The number of methoxy groups -OCH3 is 1. The van der Waals surface area contributed by atoms with Gasteiger partial charge >= 0.3 is 5.97 Å². The SMILES string of the molecule is COC(=O)c1cc2nc(-c3ccc(OCCN4CCCC4)c(F)c3)[nH]c(=O)c2s1. The number of esters is 1. The van der Waals surface area contributed by atoms with Gasteiger partial charge in [-0.2, -0.15) is 0 Å². The fourth-order valence-corrected chi connectivity index (χ4v) is 4.24. The van der Waals surface area contributed by atoms with Crippen molar-refractivity contribution in [3.63, 3.8) is 0 Å². The Kier molecular flexibility index (Phi) is 5.59. The number of hydrogen-bond donors (Lipinski definition) is 1. The first-order valence-electron chi connectivity index (χ1n) is 9.32. The van der Waals surface area contributed by atoms with Gasteiger partial charge in [0.1, 0.15) is 22.0 Å². The van der Waals surface area contributed by atoms with Crippen LogP contribution in [0.1, 0.15) is 22.5 Å². The molecule has 1 aliphatic heterocycles. The normalized spacial score (nSPS) is 14.4. The fourth-order valence-electron chi connectivity index (χ4n) is 3.33. The first-order valence-corrected chi connectivity index (χ1v) is 10.1. The molecule has 3 aromatic rings. The fraction of sp³-hybridized carbons (Fsp3) is 0.350. The highest BCUT2D eigenvalue weighted by Gasteiger charge is 2.16. The van der Waals surface area contributed by atoms with E-state index in [1.165, 1.54) is 38.2 Å². The van der Waals surface area contributed by atoms with Crippen LogP contribution in [0.3, 0.4) is 0 Å². The number of nitrogens with one attached hydrogen (secondary N) is 1. The molecule has 0 saturated carbocycles. The van der Waals surface area contributed by atoms with Gasteiger partial charge in [0, 0.05) is 12.1 Å². The van der Waals surface area contributed by atoms with E-state index in [9.17, 15) is 14.0 Å². The smallest absolute Gasteiger partial charge is 0.348 e. The summed E-state index contributed by atoms with van der Waals surface area (Å²) in [5, 5.41) is 0. The molecule has 0 aliphatic carbocycles. The molecule has 1 aliphatic rings. The van der Waals surface area contributed by atoms with E-state index < -0.39 is 17.3 Å². The molecule has 29 heavy (non-hydrogen) atoms. The molecular formula is C20H20FN3O4S. The van der Waals surface area contributed by atoms with Crippen molar-refractivity contribution < 1.29 is 18.7 Å². The highest BCUT2D eigenvalue weighted by atomic mass is 32.1. The Morgan fingerprint density at radius 2 is 2.10 bits per heavy atom. The summed E-state index contributed by atoms with van der Waals surface area (Å²) in [7, 11) is 1.27. The zero-order valence-corrected chi connectivity index (χ0v) is 16.7. The second kappa shape index (κ2) is 8.30. The quantitative estimate of drug-likeness (QED) is 0.621. The van der Waals surface area contributed by atoms with Crippen LogP contribution in [0.2, 0.25) is 0 Å². The molecule has 2 aromatic heterocycles.